The van der Waals surface area contributed by atoms with E-state index >= 15 is 4.79 Å². The molecule has 0 radical (unpaired) electrons. The van der Waals surface area contributed by atoms with Gasteiger partial charge in [0.25, 0.3) is 17.7 Å². The summed E-state index contributed by atoms with van der Waals surface area (Å²) in [6.45, 7) is 6.73. The number of nitrogens with one attached hydrogen (secondary N) is 3. The summed E-state index contributed by atoms with van der Waals surface area (Å²) in [7, 11) is 3.32. The van der Waals surface area contributed by atoms with Gasteiger partial charge in [0.05, 0.1) is 54.1 Å². The van der Waals surface area contributed by atoms with Crippen LogP contribution in [0.3, 0.4) is 0 Å². The number of likely N-dealkylation sites (tertiary alicyclic amines) is 5. The van der Waals surface area contributed by atoms with E-state index in [2.05, 4.69) is 26.0 Å². The molecule has 12 rings (SSSR count). The smallest absolute Gasteiger partial charge is 0.320 e. The lowest BCUT2D eigenvalue weighted by Crippen LogP contribution is -2.66. The number of ether oxygens (including phenoxy) is 2. The van der Waals surface area contributed by atoms with E-state index in [0.29, 0.717) is 61.5 Å². The van der Waals surface area contributed by atoms with E-state index in [-0.39, 0.29) is 106 Å². The second kappa shape index (κ2) is 26.8. The number of urea groups is 1. The molecule has 9 aliphatic rings. The number of piperidine rings is 1. The summed E-state index contributed by atoms with van der Waals surface area (Å²) < 4.78 is 42.8. The highest BCUT2D eigenvalue weighted by atomic mass is 32.1. The van der Waals surface area contributed by atoms with Crippen LogP contribution < -0.4 is 16.0 Å². The molecular formula is C66H90F2N12O10S. The second-order valence-corrected chi connectivity index (χ2v) is 29.2. The van der Waals surface area contributed by atoms with E-state index < -0.39 is 77.0 Å². The molecule has 3 N–H and O–H groups in total. The van der Waals surface area contributed by atoms with Crippen molar-refractivity contribution in [2.45, 2.75) is 147 Å². The normalized spacial score (nSPS) is 27.1. The number of hydrogen-bond donors (Lipinski definition) is 3. The fourth-order valence-electron chi connectivity index (χ4n) is 16.2. The van der Waals surface area contributed by atoms with E-state index in [1.165, 1.54) is 42.1 Å². The van der Waals surface area contributed by atoms with Crippen LogP contribution in [-0.4, -0.2) is 221 Å². The van der Waals surface area contributed by atoms with Crippen molar-refractivity contribution < 1.29 is 56.6 Å². The largest absolute Gasteiger partial charge is 0.376 e. The maximum absolute atomic E-state index is 15.2. The zero-order chi connectivity index (χ0) is 63.9. The molecule has 494 valence electrons. The molecule has 9 fully saturated rings. The molecule has 25 heteroatoms. The summed E-state index contributed by atoms with van der Waals surface area (Å²) >= 11 is 1.17. The van der Waals surface area contributed by atoms with Crippen LogP contribution in [-0.2, 0) is 40.0 Å². The average molecular weight is 1280 g/mol. The summed E-state index contributed by atoms with van der Waals surface area (Å²) in [6, 6.07) is 7.39. The van der Waals surface area contributed by atoms with Gasteiger partial charge in [-0.25, -0.2) is 13.6 Å². The summed E-state index contributed by atoms with van der Waals surface area (Å²) in [4.78, 5) is 129. The first kappa shape index (κ1) is 64.5. The highest BCUT2D eigenvalue weighted by Crippen LogP contribution is 2.53. The lowest BCUT2D eigenvalue weighted by atomic mass is 9.71. The number of halogens is 2. The zero-order valence-electron chi connectivity index (χ0n) is 53.0. The molecule has 9 amide bonds. The molecule has 3 aromatic rings. The van der Waals surface area contributed by atoms with E-state index in [1.807, 2.05) is 42.2 Å². The number of carbonyl (C=O) groups is 8. The standard InChI is InChI=1S/C66H90F2N12O10S/c1-41(89-32-44-17-10-6-11-18-44)54(58(83)69-3)72-56(81)50-30-76(59(84)47-25-71-80(29-47)27-43-15-8-5-9-16-43)34-65(50)38-79(39-65)63(88)74(4)52-23-48(52)46-21-14-22-75(28-46)62(87)55(42(2)90-33-45-19-12-7-13-20-45)73-57(82)51-31-77(61(86)53-26-70-40-91-53)35-64(51)36-78(37-64)60(85)49-24-66(49,67)68/h5,8-9,15-16,25-26,29,40-42,44-46,48-52,54-55H,6-7,10-14,17-24,27-28,30-39H2,1-4H3,(H,69,83)(H,72,81)(H,73,82)/t41-,42-,46?,48?,49-,50+,51+,52?,54+,55+/m1/s1. The first-order valence-corrected chi connectivity index (χ1v) is 34.2. The number of amides is 9. The Morgan fingerprint density at radius 1 is 0.692 bits per heavy atom. The average Bonchev–Trinajstić information content (AvgIpc) is 1.61. The number of rotatable bonds is 21. The zero-order valence-corrected chi connectivity index (χ0v) is 53.8. The van der Waals surface area contributed by atoms with Crippen LogP contribution in [0.15, 0.2) is 54.4 Å². The van der Waals surface area contributed by atoms with Crippen LogP contribution in [0.5, 0.6) is 0 Å². The summed E-state index contributed by atoms with van der Waals surface area (Å²) in [5.74, 6) is -8.01. The number of carbonyl (C=O) groups excluding carboxylic acids is 8. The number of aromatic nitrogens is 3. The Balaban J connectivity index is 0.708. The van der Waals surface area contributed by atoms with Crippen molar-refractivity contribution in [1.82, 2.24) is 60.1 Å². The third-order valence-corrected chi connectivity index (χ3v) is 22.7. The summed E-state index contributed by atoms with van der Waals surface area (Å²) in [5.41, 5.74) is 1.22. The molecule has 4 saturated carbocycles. The number of likely N-dealkylation sites (N-methyl/N-ethyl adjacent to an activating group) is 1. The van der Waals surface area contributed by atoms with Gasteiger partial charge in [0.15, 0.2) is 0 Å². The Kier molecular flexibility index (Phi) is 19.0. The van der Waals surface area contributed by atoms with Crippen LogP contribution in [0.1, 0.15) is 129 Å². The van der Waals surface area contributed by atoms with Gasteiger partial charge >= 0.3 is 6.03 Å². The van der Waals surface area contributed by atoms with Crippen LogP contribution in [0.4, 0.5) is 13.6 Å². The van der Waals surface area contributed by atoms with Gasteiger partial charge in [-0.1, -0.05) is 68.9 Å². The predicted molar refractivity (Wildman–Crippen MR) is 331 cm³/mol. The van der Waals surface area contributed by atoms with Crippen molar-refractivity contribution in [3.63, 3.8) is 0 Å². The molecule has 0 bridgehead atoms. The van der Waals surface area contributed by atoms with E-state index in [4.69, 9.17) is 9.47 Å². The molecule has 5 aliphatic heterocycles. The predicted octanol–water partition coefficient (Wildman–Crippen LogP) is 5.38. The van der Waals surface area contributed by atoms with E-state index in [9.17, 15) is 42.3 Å². The number of nitrogens with zero attached hydrogens (tertiary/aromatic N) is 9. The van der Waals surface area contributed by atoms with Crippen LogP contribution in [0, 0.1) is 52.3 Å². The highest BCUT2D eigenvalue weighted by Gasteiger charge is 2.67. The van der Waals surface area contributed by atoms with Gasteiger partial charge in [-0.2, -0.15) is 5.10 Å². The van der Waals surface area contributed by atoms with Gasteiger partial charge in [0.2, 0.25) is 29.5 Å². The van der Waals surface area contributed by atoms with Gasteiger partial charge < -0.3 is 54.8 Å². The van der Waals surface area contributed by atoms with Crippen molar-refractivity contribution in [3.05, 3.63) is 70.4 Å². The third-order valence-electron chi connectivity index (χ3n) is 21.9. The topological polar surface area (TPSA) is 241 Å². The van der Waals surface area contributed by atoms with Gasteiger partial charge in [-0.05, 0) is 88.0 Å². The fraction of sp³-hybridized carbons (Fsp3) is 0.697. The molecule has 22 nitrogen and oxygen atoms in total. The Hall–Kier alpha value is -6.60. The van der Waals surface area contributed by atoms with Gasteiger partial charge in [-0.15, -0.1) is 11.3 Å². The van der Waals surface area contributed by atoms with Crippen molar-refractivity contribution >= 4 is 58.7 Å². The van der Waals surface area contributed by atoms with Crippen LogP contribution >= 0.6 is 11.3 Å². The Morgan fingerprint density at radius 3 is 1.85 bits per heavy atom. The van der Waals surface area contributed by atoms with Crippen molar-refractivity contribution in [2.24, 2.45) is 52.3 Å². The molecule has 2 aromatic heterocycles. The minimum Gasteiger partial charge on any atom is -0.376 e. The van der Waals surface area contributed by atoms with Crippen LogP contribution in [0.25, 0.3) is 0 Å². The van der Waals surface area contributed by atoms with E-state index in [1.54, 1.807) is 50.0 Å². The maximum Gasteiger partial charge on any atom is 0.320 e. The molecule has 5 saturated heterocycles. The summed E-state index contributed by atoms with van der Waals surface area (Å²) in [5, 5.41) is 13.3. The fourth-order valence-corrected chi connectivity index (χ4v) is 16.8. The number of hydrogen-bond acceptors (Lipinski definition) is 13. The number of alkyl halides is 2. The lowest BCUT2D eigenvalue weighted by molar-refractivity contribution is -0.154. The highest BCUT2D eigenvalue weighted by molar-refractivity contribution is 7.11. The van der Waals surface area contributed by atoms with Gasteiger partial charge in [0.1, 0.15) is 22.9 Å². The van der Waals surface area contributed by atoms with Gasteiger partial charge in [0, 0.05) is 122 Å². The maximum atomic E-state index is 15.2. The number of thiazole rings is 1. The second-order valence-electron chi connectivity index (χ2n) is 28.3. The van der Waals surface area contributed by atoms with Crippen molar-refractivity contribution in [2.75, 3.05) is 92.8 Å². The van der Waals surface area contributed by atoms with Crippen molar-refractivity contribution in [3.8, 4) is 0 Å². The Bertz CT molecular complexity index is 3150. The minimum atomic E-state index is -3.06. The van der Waals surface area contributed by atoms with Gasteiger partial charge in [-0.3, -0.25) is 43.2 Å². The number of benzene rings is 1. The quantitative estimate of drug-likeness (QED) is 0.122. The van der Waals surface area contributed by atoms with E-state index in [0.717, 1.165) is 76.2 Å². The molecule has 4 aliphatic carbocycles. The van der Waals surface area contributed by atoms with Crippen LogP contribution in [0.2, 0.25) is 0 Å². The molecule has 7 heterocycles. The summed E-state index contributed by atoms with van der Waals surface area (Å²) in [6.07, 6.45) is 16.1. The Morgan fingerprint density at radius 2 is 1.26 bits per heavy atom. The SMILES string of the molecule is CNC(=O)[C@@H](NC(=O)[C@@H]1CN(C(=O)c2cnn(Cc3ccccc3)c2)CC12CN(C(=O)N(C)C1CC1C1CCCN(C(=O)[C@@H](NC(=O)[C@@H]3CN(C(=O)c4cncs4)CC34CN(C(=O)[C@H]3CC3(F)F)C4)[C@@H](C)OCC3CCCCC3)C1)C2)[C@@H](C)OCC1CCCCC1. The lowest BCUT2D eigenvalue weighted by Gasteiger charge is -2.51. The third kappa shape index (κ3) is 13.8. The molecule has 2 spiro atoms. The van der Waals surface area contributed by atoms with Crippen molar-refractivity contribution in [1.29, 1.82) is 0 Å². The monoisotopic (exact) mass is 1280 g/mol. The first-order valence-electron chi connectivity index (χ1n) is 33.3. The molecule has 10 atom stereocenters. The first-order chi connectivity index (χ1) is 43.7. The molecular weight excluding hydrogens is 1190 g/mol. The Labute approximate surface area is 535 Å². The molecule has 91 heavy (non-hydrogen) atoms. The minimum absolute atomic E-state index is 0.00794. The molecule has 3 unspecified atom stereocenters. The molecule has 1 aromatic carbocycles.